The van der Waals surface area contributed by atoms with Gasteiger partial charge in [-0.1, -0.05) is 6.07 Å². The van der Waals surface area contributed by atoms with E-state index >= 15 is 0 Å². The second kappa shape index (κ2) is 8.23. The van der Waals surface area contributed by atoms with Gasteiger partial charge in [-0.05, 0) is 42.8 Å². The number of aromatic nitrogens is 2. The van der Waals surface area contributed by atoms with Crippen LogP contribution in [-0.2, 0) is 13.1 Å². The summed E-state index contributed by atoms with van der Waals surface area (Å²) in [6.45, 7) is 5.61. The van der Waals surface area contributed by atoms with Gasteiger partial charge in [0.2, 0.25) is 12.2 Å². The summed E-state index contributed by atoms with van der Waals surface area (Å²) in [5.74, 6) is 0.581. The van der Waals surface area contributed by atoms with Gasteiger partial charge in [0.05, 0.1) is 10.9 Å². The maximum Gasteiger partial charge on any atom is 0.278 e. The molecule has 0 atom stereocenters. The molecule has 2 aromatic carbocycles. The van der Waals surface area contributed by atoms with E-state index in [2.05, 4.69) is 10.00 Å². The molecule has 8 nitrogen and oxygen atoms in total. The van der Waals surface area contributed by atoms with Crippen molar-refractivity contribution in [3.8, 4) is 11.5 Å². The molecule has 0 aliphatic carbocycles. The maximum absolute atomic E-state index is 13.8. The summed E-state index contributed by atoms with van der Waals surface area (Å²) in [4.78, 5) is 29.9. The van der Waals surface area contributed by atoms with Gasteiger partial charge in [-0.3, -0.25) is 19.2 Å². The lowest BCUT2D eigenvalue weighted by Gasteiger charge is -2.34. The molecule has 0 unspecified atom stereocenters. The third kappa shape index (κ3) is 3.69. The molecule has 0 N–H and O–H groups in total. The van der Waals surface area contributed by atoms with Crippen LogP contribution in [0.3, 0.4) is 0 Å². The summed E-state index contributed by atoms with van der Waals surface area (Å²) in [5, 5.41) is 4.47. The molecular weight excluding hydrogens is 415 g/mol. The zero-order valence-electron chi connectivity index (χ0n) is 17.7. The van der Waals surface area contributed by atoms with Crippen molar-refractivity contribution in [2.45, 2.75) is 20.0 Å². The minimum absolute atomic E-state index is 0.158. The predicted molar refractivity (Wildman–Crippen MR) is 115 cm³/mol. The van der Waals surface area contributed by atoms with Crippen LogP contribution in [0.5, 0.6) is 11.5 Å². The Hall–Kier alpha value is -3.46. The highest BCUT2D eigenvalue weighted by atomic mass is 19.1. The Bertz CT molecular complexity index is 1250. The molecule has 166 valence electrons. The zero-order chi connectivity index (χ0) is 22.2. The summed E-state index contributed by atoms with van der Waals surface area (Å²) in [5.41, 5.74) is 0.938. The van der Waals surface area contributed by atoms with Crippen molar-refractivity contribution in [3.05, 3.63) is 63.7 Å². The average Bonchev–Trinajstić information content (AvgIpc) is 3.28. The van der Waals surface area contributed by atoms with Gasteiger partial charge in [-0.25, -0.2) is 4.39 Å². The van der Waals surface area contributed by atoms with Crippen LogP contribution in [0.15, 0.2) is 41.2 Å². The molecule has 1 amide bonds. The van der Waals surface area contributed by atoms with E-state index in [1.54, 1.807) is 9.58 Å². The van der Waals surface area contributed by atoms with Crippen LogP contribution in [0.2, 0.25) is 0 Å². The van der Waals surface area contributed by atoms with Crippen molar-refractivity contribution < 1.29 is 18.7 Å². The van der Waals surface area contributed by atoms with Gasteiger partial charge >= 0.3 is 0 Å². The number of carbonyl (C=O) groups is 1. The Balaban J connectivity index is 1.31. The molecule has 3 aromatic rings. The Labute approximate surface area is 183 Å². The van der Waals surface area contributed by atoms with E-state index in [0.29, 0.717) is 38.2 Å². The maximum atomic E-state index is 13.8. The summed E-state index contributed by atoms with van der Waals surface area (Å²) in [6.07, 6.45) is 0. The second-order valence-corrected chi connectivity index (χ2v) is 7.91. The number of rotatable bonds is 4. The highest BCUT2D eigenvalue weighted by Crippen LogP contribution is 2.32. The first-order chi connectivity index (χ1) is 15.5. The number of piperazine rings is 1. The zero-order valence-corrected chi connectivity index (χ0v) is 17.7. The fraction of sp³-hybridized carbons (Fsp3) is 0.348. The van der Waals surface area contributed by atoms with Crippen LogP contribution in [0.1, 0.15) is 23.0 Å². The van der Waals surface area contributed by atoms with Crippen LogP contribution in [0.25, 0.3) is 10.9 Å². The summed E-state index contributed by atoms with van der Waals surface area (Å²) in [6, 6.07) is 9.87. The van der Waals surface area contributed by atoms with Gasteiger partial charge in [0.1, 0.15) is 5.82 Å². The minimum Gasteiger partial charge on any atom is -0.454 e. The van der Waals surface area contributed by atoms with Crippen molar-refractivity contribution in [3.63, 3.8) is 0 Å². The van der Waals surface area contributed by atoms with Gasteiger partial charge in [0.15, 0.2) is 17.2 Å². The standard InChI is InChI=1S/C23H23FN4O4/c1-2-28-18-5-4-16(24)12-17(18)22(29)21(25-28)23(30)27-9-7-26(8-10-27)13-15-3-6-19-20(11-15)32-14-31-19/h3-6,11-12H,2,7-10,13-14H2,1H3. The van der Waals surface area contributed by atoms with E-state index in [1.165, 1.54) is 18.2 Å². The summed E-state index contributed by atoms with van der Waals surface area (Å²) < 4.78 is 26.1. The van der Waals surface area contributed by atoms with Crippen molar-refractivity contribution in [2.75, 3.05) is 33.0 Å². The number of hydrogen-bond donors (Lipinski definition) is 0. The molecule has 32 heavy (non-hydrogen) atoms. The largest absolute Gasteiger partial charge is 0.454 e. The van der Waals surface area contributed by atoms with E-state index in [9.17, 15) is 14.0 Å². The third-order valence-electron chi connectivity index (χ3n) is 5.92. The lowest BCUT2D eigenvalue weighted by Crippen LogP contribution is -2.49. The minimum atomic E-state index is -0.531. The number of nitrogens with zero attached hydrogens (tertiary/aromatic N) is 4. The molecule has 1 saturated heterocycles. The number of fused-ring (bicyclic) bond motifs is 2. The molecule has 1 aromatic heterocycles. The SMILES string of the molecule is CCn1nc(C(=O)N2CCN(Cc3ccc4c(c3)OCO4)CC2)c(=O)c2cc(F)ccc21. The number of ether oxygens (including phenoxy) is 2. The molecule has 9 heteroatoms. The first kappa shape index (κ1) is 20.4. The number of carbonyl (C=O) groups excluding carboxylic acids is 1. The van der Waals surface area contributed by atoms with Gasteiger partial charge in [0.25, 0.3) is 5.91 Å². The van der Waals surface area contributed by atoms with E-state index in [0.717, 1.165) is 23.6 Å². The predicted octanol–water partition coefficient (Wildman–Crippen LogP) is 2.24. The van der Waals surface area contributed by atoms with Crippen molar-refractivity contribution in [1.82, 2.24) is 19.6 Å². The molecule has 0 spiro atoms. The lowest BCUT2D eigenvalue weighted by molar-refractivity contribution is 0.0619. The number of halogens is 1. The van der Waals surface area contributed by atoms with Crippen LogP contribution in [0.4, 0.5) is 4.39 Å². The summed E-state index contributed by atoms with van der Waals surface area (Å²) >= 11 is 0. The van der Waals surface area contributed by atoms with E-state index < -0.39 is 17.2 Å². The summed E-state index contributed by atoms with van der Waals surface area (Å²) in [7, 11) is 0. The fourth-order valence-electron chi connectivity index (χ4n) is 4.20. The Kier molecular flexibility index (Phi) is 5.26. The van der Waals surface area contributed by atoms with E-state index in [-0.39, 0.29) is 17.9 Å². The molecule has 2 aliphatic rings. The van der Waals surface area contributed by atoms with E-state index in [1.807, 2.05) is 25.1 Å². The van der Waals surface area contributed by atoms with Gasteiger partial charge in [-0.2, -0.15) is 5.10 Å². The van der Waals surface area contributed by atoms with Gasteiger partial charge in [-0.15, -0.1) is 0 Å². The van der Waals surface area contributed by atoms with Crippen LogP contribution in [0, 0.1) is 5.82 Å². The Morgan fingerprint density at radius 3 is 2.62 bits per heavy atom. The normalized spacial score (nSPS) is 16.0. The molecule has 2 aliphatic heterocycles. The second-order valence-electron chi connectivity index (χ2n) is 7.91. The van der Waals surface area contributed by atoms with Gasteiger partial charge in [0, 0.05) is 39.3 Å². The Morgan fingerprint density at radius 1 is 1.06 bits per heavy atom. The van der Waals surface area contributed by atoms with Crippen molar-refractivity contribution >= 4 is 16.8 Å². The smallest absolute Gasteiger partial charge is 0.278 e. The highest BCUT2D eigenvalue weighted by Gasteiger charge is 2.27. The first-order valence-corrected chi connectivity index (χ1v) is 10.6. The molecule has 0 bridgehead atoms. The first-order valence-electron chi connectivity index (χ1n) is 10.6. The van der Waals surface area contributed by atoms with Crippen LogP contribution >= 0.6 is 0 Å². The van der Waals surface area contributed by atoms with Crippen molar-refractivity contribution in [2.24, 2.45) is 0 Å². The molecule has 5 rings (SSSR count). The number of benzene rings is 2. The molecule has 0 radical (unpaired) electrons. The topological polar surface area (TPSA) is 76.9 Å². The van der Waals surface area contributed by atoms with Gasteiger partial charge < -0.3 is 14.4 Å². The number of amides is 1. The highest BCUT2D eigenvalue weighted by molar-refractivity contribution is 5.95. The van der Waals surface area contributed by atoms with Crippen molar-refractivity contribution in [1.29, 1.82) is 0 Å². The van der Waals surface area contributed by atoms with Crippen LogP contribution in [-0.4, -0.2) is 58.5 Å². The molecular formula is C23H23FN4O4. The molecule has 1 fully saturated rings. The fourth-order valence-corrected chi connectivity index (χ4v) is 4.20. The lowest BCUT2D eigenvalue weighted by atomic mass is 10.1. The number of aryl methyl sites for hydroxylation is 1. The average molecular weight is 438 g/mol. The third-order valence-corrected chi connectivity index (χ3v) is 5.92. The quantitative estimate of drug-likeness (QED) is 0.622. The Morgan fingerprint density at radius 2 is 1.84 bits per heavy atom. The van der Waals surface area contributed by atoms with Crippen LogP contribution < -0.4 is 14.9 Å². The molecule has 0 saturated carbocycles. The number of hydrogen-bond acceptors (Lipinski definition) is 6. The monoisotopic (exact) mass is 438 g/mol. The van der Waals surface area contributed by atoms with E-state index in [4.69, 9.17) is 9.47 Å². The molecule has 3 heterocycles.